The van der Waals surface area contributed by atoms with Gasteiger partial charge in [-0.3, -0.25) is 72.4 Å². The van der Waals surface area contributed by atoms with Crippen molar-refractivity contribution in [2.24, 2.45) is 11.8 Å². The molecule has 15 nitrogen and oxygen atoms in total. The molecule has 57 heavy (non-hydrogen) atoms. The zero-order valence-electron chi connectivity index (χ0n) is 35.2. The Hall–Kier alpha value is -5.60. The van der Waals surface area contributed by atoms with Gasteiger partial charge in [-0.05, 0) is 84.0 Å². The summed E-state index contributed by atoms with van der Waals surface area (Å²) >= 11 is 0. The Bertz CT molecular complexity index is 1850. The van der Waals surface area contributed by atoms with Crippen LogP contribution in [0.15, 0.2) is 56.2 Å². The monoisotopic (exact) mass is 789 g/mol. The van der Waals surface area contributed by atoms with Gasteiger partial charge in [0.25, 0.3) is 59.1 Å². The number of carbonyl (C=O) groups excluding carboxylic acids is 10. The van der Waals surface area contributed by atoms with E-state index < -0.39 is 0 Å². The number of amides is 10. The highest BCUT2D eigenvalue weighted by Gasteiger charge is 2.40. The highest BCUT2D eigenvalue weighted by Crippen LogP contribution is 2.38. The lowest BCUT2D eigenvalue weighted by atomic mass is 9.78. The van der Waals surface area contributed by atoms with Gasteiger partial charge in [-0.25, -0.2) is 0 Å². The van der Waals surface area contributed by atoms with Crippen LogP contribution in [0.25, 0.3) is 0 Å². The molecule has 10 amide bonds. The quantitative estimate of drug-likeness (QED) is 0.375. The fourth-order valence-electron chi connectivity index (χ4n) is 7.21. The first-order valence-electron chi connectivity index (χ1n) is 19.2. The fourth-order valence-corrected chi connectivity index (χ4v) is 7.21. The molecule has 0 saturated heterocycles. The average Bonchev–Trinajstić information content (AvgIpc) is 3.79. The molecule has 7 aliphatic rings. The normalized spacial score (nSPS) is 23.2. The summed E-state index contributed by atoms with van der Waals surface area (Å²) in [6, 6.07) is 0. The van der Waals surface area contributed by atoms with Gasteiger partial charge in [0.2, 0.25) is 0 Å². The van der Waals surface area contributed by atoms with E-state index in [9.17, 15) is 47.9 Å². The highest BCUT2D eigenvalue weighted by atomic mass is 16.2. The number of nitrogens with zero attached hydrogens (tertiary/aromatic N) is 5. The van der Waals surface area contributed by atoms with Gasteiger partial charge in [-0.1, -0.05) is 27.7 Å². The summed E-state index contributed by atoms with van der Waals surface area (Å²) in [6.45, 7) is 13.0. The fraction of sp³-hybridized carbons (Fsp3) is 0.524. The maximum Gasteiger partial charge on any atom is 0.256 e. The van der Waals surface area contributed by atoms with E-state index >= 15 is 0 Å². The molecule has 2 atom stereocenters. The van der Waals surface area contributed by atoms with Crippen molar-refractivity contribution in [3.63, 3.8) is 0 Å². The number of likely N-dealkylation sites (N-methyl/N-ethyl adjacent to an activating group) is 5. The lowest BCUT2D eigenvalue weighted by Gasteiger charge is -2.24. The van der Waals surface area contributed by atoms with Gasteiger partial charge in [0.05, 0.1) is 0 Å². The molecule has 0 bridgehead atoms. The SMILES string of the molecule is CC1=C(C)C(=O)N(C)C1=O.CC1=CC(=O)N(C)C1=O.CC1CC2=C(CC1C)C(=O)N(C)C2=O.CCC1=C(CC)C(=O)N(C)C1=O.CN1C(=O)C2=C(CCCC2)C1=O. The van der Waals surface area contributed by atoms with Crippen LogP contribution < -0.4 is 0 Å². The molecule has 0 saturated carbocycles. The van der Waals surface area contributed by atoms with Crippen LogP contribution in [0, 0.1) is 11.8 Å². The Morgan fingerprint density at radius 1 is 0.456 bits per heavy atom. The smallest absolute Gasteiger partial charge is 0.256 e. The van der Waals surface area contributed by atoms with Crippen molar-refractivity contribution in [3.05, 3.63) is 56.2 Å². The summed E-state index contributed by atoms with van der Waals surface area (Å²) in [5, 5.41) is 0. The molecule has 0 spiro atoms. The third-order valence-electron chi connectivity index (χ3n) is 11.4. The third-order valence-corrected chi connectivity index (χ3v) is 11.4. The molecule has 0 aromatic carbocycles. The van der Waals surface area contributed by atoms with Crippen LogP contribution in [-0.2, 0) is 47.9 Å². The predicted molar refractivity (Wildman–Crippen MR) is 209 cm³/mol. The molecular weight excluding hydrogens is 734 g/mol. The summed E-state index contributed by atoms with van der Waals surface area (Å²) in [4.78, 5) is 118. The van der Waals surface area contributed by atoms with E-state index in [-0.39, 0.29) is 59.1 Å². The summed E-state index contributed by atoms with van der Waals surface area (Å²) in [5.41, 5.74) is 6.09. The molecule has 2 unspecified atom stereocenters. The van der Waals surface area contributed by atoms with Crippen molar-refractivity contribution in [2.75, 3.05) is 35.2 Å². The van der Waals surface area contributed by atoms with Crippen molar-refractivity contribution in [1.29, 1.82) is 0 Å². The lowest BCUT2D eigenvalue weighted by molar-refractivity contribution is -0.137. The number of hydrogen-bond donors (Lipinski definition) is 0. The van der Waals surface area contributed by atoms with E-state index in [1.165, 1.54) is 41.9 Å². The van der Waals surface area contributed by atoms with Gasteiger partial charge in [-0.2, -0.15) is 0 Å². The van der Waals surface area contributed by atoms with E-state index in [4.69, 9.17) is 0 Å². The van der Waals surface area contributed by atoms with Gasteiger partial charge in [0, 0.05) is 91.5 Å². The standard InChI is InChI=1S/C11H15NO2.C9H11NO2.C9H13NO2.C7H9NO2.C6H7NO2/c1-6-4-8-9(5-7(6)2)11(14)12(3)10(8)13;1-10-8(11)6-4-2-3-5-7(6)9(10)12;1-4-6-7(5-2)9(12)10(3)8(6)11;1-4-5(2)7(10)8(3)6(4)9;1-4-3-5(8)7(2)6(4)9/h6-7H,4-5H2,1-3H3;2-5H2,1H3;4-5H2,1-3H3;1-3H3;3H,1-2H3. The number of carbonyl (C=O) groups is 10. The summed E-state index contributed by atoms with van der Waals surface area (Å²) in [6.07, 6.45) is 7.86. The second kappa shape index (κ2) is 18.6. The Labute approximate surface area is 334 Å². The Morgan fingerprint density at radius 3 is 1.02 bits per heavy atom. The first kappa shape index (κ1) is 45.8. The lowest BCUT2D eigenvalue weighted by Crippen LogP contribution is -2.26. The molecule has 5 aliphatic heterocycles. The molecule has 0 aromatic heterocycles. The zero-order valence-corrected chi connectivity index (χ0v) is 35.2. The first-order valence-corrected chi connectivity index (χ1v) is 19.2. The minimum absolute atomic E-state index is 0.0744. The number of hydrogen-bond acceptors (Lipinski definition) is 10. The zero-order chi connectivity index (χ0) is 43.4. The maximum atomic E-state index is 11.6. The predicted octanol–water partition coefficient (Wildman–Crippen LogP) is 3.56. The molecule has 2 aliphatic carbocycles. The van der Waals surface area contributed by atoms with Gasteiger partial charge in [-0.15, -0.1) is 0 Å². The molecule has 0 fully saturated rings. The van der Waals surface area contributed by atoms with E-state index in [1.807, 2.05) is 13.8 Å². The van der Waals surface area contributed by atoms with Crippen LogP contribution in [0.1, 0.15) is 99.8 Å². The van der Waals surface area contributed by atoms with Gasteiger partial charge < -0.3 is 0 Å². The van der Waals surface area contributed by atoms with Gasteiger partial charge in [0.15, 0.2) is 0 Å². The molecule has 0 radical (unpaired) electrons. The van der Waals surface area contributed by atoms with Gasteiger partial charge >= 0.3 is 0 Å². The van der Waals surface area contributed by atoms with Crippen LogP contribution in [0.2, 0.25) is 0 Å². The molecule has 15 heteroatoms. The van der Waals surface area contributed by atoms with Crippen LogP contribution >= 0.6 is 0 Å². The maximum absolute atomic E-state index is 11.6. The third kappa shape index (κ3) is 9.18. The van der Waals surface area contributed by atoms with Crippen LogP contribution in [0.3, 0.4) is 0 Å². The molecule has 0 aromatic rings. The largest absolute Gasteiger partial charge is 0.278 e. The summed E-state index contributed by atoms with van der Waals surface area (Å²) in [5.74, 6) is -0.313. The number of imide groups is 5. The van der Waals surface area contributed by atoms with Crippen molar-refractivity contribution in [1.82, 2.24) is 24.5 Å². The van der Waals surface area contributed by atoms with Crippen LogP contribution in [-0.4, -0.2) is 119 Å². The first-order chi connectivity index (χ1) is 26.5. The van der Waals surface area contributed by atoms with Gasteiger partial charge in [0.1, 0.15) is 0 Å². The molecule has 0 N–H and O–H groups in total. The van der Waals surface area contributed by atoms with Crippen molar-refractivity contribution in [2.45, 2.75) is 99.8 Å². The Kier molecular flexibility index (Phi) is 14.9. The molecule has 308 valence electrons. The minimum Gasteiger partial charge on any atom is -0.278 e. The van der Waals surface area contributed by atoms with Crippen molar-refractivity contribution in [3.8, 4) is 0 Å². The summed E-state index contributed by atoms with van der Waals surface area (Å²) in [7, 11) is 7.62. The Balaban J connectivity index is 0.000000192. The molecular formula is C42H55N5O10. The van der Waals surface area contributed by atoms with Crippen LogP contribution in [0.4, 0.5) is 0 Å². The second-order valence-corrected chi connectivity index (χ2v) is 15.1. The molecule has 5 heterocycles. The van der Waals surface area contributed by atoms with Crippen molar-refractivity contribution >= 4 is 59.1 Å². The van der Waals surface area contributed by atoms with Crippen molar-refractivity contribution < 1.29 is 47.9 Å². The minimum atomic E-state index is -0.225. The van der Waals surface area contributed by atoms with E-state index in [0.29, 0.717) is 52.5 Å². The number of rotatable bonds is 2. The summed E-state index contributed by atoms with van der Waals surface area (Å²) < 4.78 is 0. The Morgan fingerprint density at radius 2 is 0.772 bits per heavy atom. The van der Waals surface area contributed by atoms with E-state index in [1.54, 1.807) is 34.9 Å². The highest BCUT2D eigenvalue weighted by molar-refractivity contribution is 6.21. The van der Waals surface area contributed by atoms with E-state index in [2.05, 4.69) is 13.8 Å². The molecule has 7 rings (SSSR count). The average molecular weight is 790 g/mol. The topological polar surface area (TPSA) is 187 Å². The van der Waals surface area contributed by atoms with Crippen LogP contribution in [0.5, 0.6) is 0 Å². The second-order valence-electron chi connectivity index (χ2n) is 15.1. The van der Waals surface area contributed by atoms with E-state index in [0.717, 1.165) is 70.6 Å².